The third-order valence-corrected chi connectivity index (χ3v) is 3.61. The number of carbonyl (C=O) groups is 1. The lowest BCUT2D eigenvalue weighted by molar-refractivity contribution is 0.0635. The molecule has 0 bridgehead atoms. The van der Waals surface area contributed by atoms with Crippen LogP contribution in [0.5, 0.6) is 0 Å². The first-order chi connectivity index (χ1) is 8.49. The zero-order valence-electron chi connectivity index (χ0n) is 11.2. The van der Waals surface area contributed by atoms with Gasteiger partial charge in [0.25, 0.3) is 0 Å². The van der Waals surface area contributed by atoms with Crippen LogP contribution in [0.4, 0.5) is 10.5 Å². The van der Waals surface area contributed by atoms with Gasteiger partial charge < -0.3 is 4.74 Å². The van der Waals surface area contributed by atoms with Gasteiger partial charge in [-0.25, -0.2) is 13.2 Å². The van der Waals surface area contributed by atoms with Crippen LogP contribution in [0, 0.1) is 0 Å². The van der Waals surface area contributed by atoms with E-state index in [9.17, 15) is 13.2 Å². The Morgan fingerprint density at radius 3 is 2.37 bits per heavy atom. The molecule has 1 N–H and O–H groups in total. The first-order valence-electron chi connectivity index (χ1n) is 5.49. The molecule has 0 aliphatic rings. The van der Waals surface area contributed by atoms with Crippen molar-refractivity contribution in [2.75, 3.05) is 11.6 Å². The predicted molar refractivity (Wildman–Crippen MR) is 77.1 cm³/mol. The number of benzene rings is 1. The molecule has 19 heavy (non-hydrogen) atoms. The summed E-state index contributed by atoms with van der Waals surface area (Å²) in [6, 6.07) is 4.58. The lowest BCUT2D eigenvalue weighted by atomic mass is 10.2. The molecule has 0 saturated carbocycles. The van der Waals surface area contributed by atoms with Gasteiger partial charge >= 0.3 is 6.09 Å². The lowest BCUT2D eigenvalue weighted by Crippen LogP contribution is -2.27. The highest BCUT2D eigenvalue weighted by atomic mass is 79.9. The summed E-state index contributed by atoms with van der Waals surface area (Å²) in [6.07, 6.45) is 0.384. The molecule has 7 heteroatoms. The number of rotatable bonds is 2. The average Bonchev–Trinajstić information content (AvgIpc) is 2.16. The zero-order valence-corrected chi connectivity index (χ0v) is 13.6. The number of anilines is 1. The van der Waals surface area contributed by atoms with E-state index in [1.54, 1.807) is 26.8 Å². The normalized spacial score (nSPS) is 12.1. The molecule has 0 saturated heterocycles. The third kappa shape index (κ3) is 5.20. The first-order valence-corrected chi connectivity index (χ1v) is 8.17. The largest absolute Gasteiger partial charge is 0.444 e. The number of carbonyl (C=O) groups excluding carboxylic acids is 1. The molecule has 0 heterocycles. The van der Waals surface area contributed by atoms with Crippen molar-refractivity contribution in [3.63, 3.8) is 0 Å². The summed E-state index contributed by atoms with van der Waals surface area (Å²) < 4.78 is 29.0. The molecule has 0 unspecified atom stereocenters. The molecular formula is C12H16BrNO4S. The average molecular weight is 350 g/mol. The number of halogens is 1. The van der Waals surface area contributed by atoms with E-state index in [2.05, 4.69) is 21.2 Å². The molecule has 0 aliphatic carbocycles. The van der Waals surface area contributed by atoms with Gasteiger partial charge in [-0.3, -0.25) is 5.32 Å². The maximum absolute atomic E-state index is 11.7. The fourth-order valence-electron chi connectivity index (χ4n) is 1.32. The molecule has 106 valence electrons. The van der Waals surface area contributed by atoms with E-state index < -0.39 is 21.5 Å². The molecule has 0 radical (unpaired) electrons. The number of ether oxygens (including phenoxy) is 1. The number of nitrogens with one attached hydrogen (secondary N) is 1. The Morgan fingerprint density at radius 2 is 1.89 bits per heavy atom. The second kappa shape index (κ2) is 5.50. The standard InChI is InChI=1S/C12H16BrNO4S/c1-12(2,3)18-11(15)14-9-6-5-8(13)7-10(9)19(4,16)17/h5-7H,1-4H3,(H,14,15). The van der Waals surface area contributed by atoms with Gasteiger partial charge in [-0.2, -0.15) is 0 Å². The Labute approximate surface area is 121 Å². The van der Waals surface area contributed by atoms with Crippen molar-refractivity contribution >= 4 is 37.5 Å². The highest BCUT2D eigenvalue weighted by Crippen LogP contribution is 2.26. The smallest absolute Gasteiger partial charge is 0.412 e. The van der Waals surface area contributed by atoms with Gasteiger partial charge in [0.05, 0.1) is 10.6 Å². The number of amides is 1. The second-order valence-electron chi connectivity index (χ2n) is 5.04. The predicted octanol–water partition coefficient (Wildman–Crippen LogP) is 3.20. The van der Waals surface area contributed by atoms with Crippen molar-refractivity contribution in [1.29, 1.82) is 0 Å². The Morgan fingerprint density at radius 1 is 1.32 bits per heavy atom. The molecule has 0 fully saturated rings. The van der Waals surface area contributed by atoms with Gasteiger partial charge in [0.2, 0.25) is 0 Å². The monoisotopic (exact) mass is 349 g/mol. The van der Waals surface area contributed by atoms with Crippen LogP contribution in [0.1, 0.15) is 20.8 Å². The molecule has 1 amide bonds. The minimum atomic E-state index is -3.45. The first kappa shape index (κ1) is 16.0. The Bertz CT molecular complexity index is 590. The van der Waals surface area contributed by atoms with Crippen LogP contribution in [0.25, 0.3) is 0 Å². The van der Waals surface area contributed by atoms with E-state index in [0.29, 0.717) is 4.47 Å². The molecule has 0 spiro atoms. The Hall–Kier alpha value is -1.08. The van der Waals surface area contributed by atoms with Gasteiger partial charge in [-0.15, -0.1) is 0 Å². The van der Waals surface area contributed by atoms with Crippen LogP contribution < -0.4 is 5.32 Å². The van der Waals surface area contributed by atoms with Gasteiger partial charge in [0.15, 0.2) is 9.84 Å². The fourth-order valence-corrected chi connectivity index (χ4v) is 2.69. The lowest BCUT2D eigenvalue weighted by Gasteiger charge is -2.20. The van der Waals surface area contributed by atoms with E-state index in [-0.39, 0.29) is 10.6 Å². The quantitative estimate of drug-likeness (QED) is 0.889. The van der Waals surface area contributed by atoms with Crippen molar-refractivity contribution in [3.05, 3.63) is 22.7 Å². The van der Waals surface area contributed by atoms with Crippen molar-refractivity contribution in [3.8, 4) is 0 Å². The minimum absolute atomic E-state index is 0.0349. The highest BCUT2D eigenvalue weighted by Gasteiger charge is 2.20. The summed E-state index contributed by atoms with van der Waals surface area (Å²) >= 11 is 3.20. The van der Waals surface area contributed by atoms with E-state index in [1.807, 2.05) is 0 Å². The summed E-state index contributed by atoms with van der Waals surface area (Å²) in [6.45, 7) is 5.18. The summed E-state index contributed by atoms with van der Waals surface area (Å²) in [4.78, 5) is 11.7. The van der Waals surface area contributed by atoms with Crippen molar-refractivity contribution in [2.24, 2.45) is 0 Å². The van der Waals surface area contributed by atoms with Crippen molar-refractivity contribution < 1.29 is 17.9 Å². The Kier molecular flexibility index (Phi) is 4.63. The molecule has 1 aromatic carbocycles. The van der Waals surface area contributed by atoms with Crippen LogP contribution in [-0.2, 0) is 14.6 Å². The molecule has 1 rings (SSSR count). The molecule has 0 atom stereocenters. The van der Waals surface area contributed by atoms with Gasteiger partial charge in [0.1, 0.15) is 5.60 Å². The van der Waals surface area contributed by atoms with Gasteiger partial charge in [-0.1, -0.05) is 15.9 Å². The number of hydrogen-bond donors (Lipinski definition) is 1. The third-order valence-electron chi connectivity index (χ3n) is 1.98. The van der Waals surface area contributed by atoms with E-state index in [4.69, 9.17) is 4.74 Å². The van der Waals surface area contributed by atoms with Crippen molar-refractivity contribution in [2.45, 2.75) is 31.3 Å². The summed E-state index contributed by atoms with van der Waals surface area (Å²) in [5.41, 5.74) is -0.454. The fraction of sp³-hybridized carbons (Fsp3) is 0.417. The summed E-state index contributed by atoms with van der Waals surface area (Å²) in [5, 5.41) is 2.44. The molecular weight excluding hydrogens is 334 g/mol. The van der Waals surface area contributed by atoms with Crippen LogP contribution in [0.3, 0.4) is 0 Å². The van der Waals surface area contributed by atoms with Crippen LogP contribution in [0.2, 0.25) is 0 Å². The molecule has 1 aromatic rings. The summed E-state index contributed by atoms with van der Waals surface area (Å²) in [7, 11) is -3.45. The maximum atomic E-state index is 11.7. The molecule has 0 aromatic heterocycles. The van der Waals surface area contributed by atoms with Gasteiger partial charge in [0, 0.05) is 10.7 Å². The molecule has 5 nitrogen and oxygen atoms in total. The molecule has 0 aliphatic heterocycles. The van der Waals surface area contributed by atoms with Crippen LogP contribution in [0.15, 0.2) is 27.6 Å². The van der Waals surface area contributed by atoms with E-state index in [0.717, 1.165) is 6.26 Å². The number of hydrogen-bond acceptors (Lipinski definition) is 4. The summed E-state index contributed by atoms with van der Waals surface area (Å²) in [5.74, 6) is 0. The van der Waals surface area contributed by atoms with E-state index >= 15 is 0 Å². The highest BCUT2D eigenvalue weighted by molar-refractivity contribution is 9.10. The Balaban J connectivity index is 3.06. The van der Waals surface area contributed by atoms with E-state index in [1.165, 1.54) is 12.1 Å². The maximum Gasteiger partial charge on any atom is 0.412 e. The van der Waals surface area contributed by atoms with Gasteiger partial charge in [-0.05, 0) is 39.0 Å². The minimum Gasteiger partial charge on any atom is -0.444 e. The second-order valence-corrected chi connectivity index (χ2v) is 7.94. The topological polar surface area (TPSA) is 72.5 Å². The number of sulfone groups is 1. The van der Waals surface area contributed by atoms with Crippen molar-refractivity contribution in [1.82, 2.24) is 0 Å². The zero-order chi connectivity index (χ0) is 14.8. The van der Waals surface area contributed by atoms with Crippen LogP contribution in [-0.4, -0.2) is 26.4 Å². The SMILES string of the molecule is CC(C)(C)OC(=O)Nc1ccc(Br)cc1S(C)(=O)=O. The van der Waals surface area contributed by atoms with Crippen LogP contribution >= 0.6 is 15.9 Å².